The van der Waals surface area contributed by atoms with Gasteiger partial charge in [-0.3, -0.25) is 0 Å². The molecule has 2 fully saturated rings. The van der Waals surface area contributed by atoms with Gasteiger partial charge in [0.05, 0.1) is 13.0 Å². The van der Waals surface area contributed by atoms with Crippen molar-refractivity contribution in [3.63, 3.8) is 0 Å². The molecule has 27 nitrogen and oxygen atoms in total. The molecule has 9 aromatic carbocycles. The molecule has 107 heavy (non-hydrogen) atoms. The molecule has 2 aliphatic rings. The van der Waals surface area contributed by atoms with E-state index < -0.39 is 5.92 Å². The number of nitrogens with zero attached hydrogens (tertiary/aromatic N) is 15. The average Bonchev–Trinajstić information content (AvgIpc) is 1.59. The summed E-state index contributed by atoms with van der Waals surface area (Å²) in [7, 11) is 1.65. The molecule has 16 rings (SSSR count). The summed E-state index contributed by atoms with van der Waals surface area (Å²) in [6, 6.07) is 72.2. The molecule has 0 radical (unpaired) electrons. The van der Waals surface area contributed by atoms with Crippen molar-refractivity contribution in [2.45, 2.75) is 61.4 Å². The molecule has 20 N–H and O–H groups in total. The van der Waals surface area contributed by atoms with Crippen LogP contribution in [0, 0.1) is 11.6 Å². The number of fused-ring (bicyclic) bond motifs is 1. The van der Waals surface area contributed by atoms with Crippen molar-refractivity contribution in [3.8, 4) is 22.8 Å². The maximum absolute atomic E-state index is 13.2. The van der Waals surface area contributed by atoms with Gasteiger partial charge in [-0.2, -0.15) is 24.9 Å². The molecule has 14 aromatic rings. The summed E-state index contributed by atoms with van der Waals surface area (Å²) >= 11 is 0. The predicted molar refractivity (Wildman–Crippen MR) is 409 cm³/mol. The Morgan fingerprint density at radius 3 is 1.35 bits per heavy atom. The zero-order valence-corrected chi connectivity index (χ0v) is 57.9. The summed E-state index contributed by atoms with van der Waals surface area (Å²) in [5.41, 5.74) is 67.9. The van der Waals surface area contributed by atoms with Crippen molar-refractivity contribution in [2.24, 2.45) is 0 Å². The van der Waals surface area contributed by atoms with Gasteiger partial charge in [0.15, 0.2) is 29.1 Å². The minimum Gasteiger partial charge on any atom is -0.497 e. The molecule has 5 aromatic heterocycles. The van der Waals surface area contributed by atoms with Gasteiger partial charge in [-0.25, -0.2) is 8.78 Å². The van der Waals surface area contributed by atoms with Crippen LogP contribution in [0.5, 0.6) is 11.5 Å². The van der Waals surface area contributed by atoms with Gasteiger partial charge in [-0.15, -0.1) is 51.0 Å². The van der Waals surface area contributed by atoms with Crippen molar-refractivity contribution < 1.29 is 18.3 Å². The number of aromatic nitrogens is 15. The van der Waals surface area contributed by atoms with E-state index in [9.17, 15) is 8.78 Å². The highest BCUT2D eigenvalue weighted by atomic mass is 19.1. The largest absolute Gasteiger partial charge is 0.497 e. The van der Waals surface area contributed by atoms with E-state index in [4.69, 9.17) is 66.8 Å². The first-order chi connectivity index (χ1) is 51.9. The summed E-state index contributed by atoms with van der Waals surface area (Å²) in [6.45, 7) is 0.464. The molecular formula is C78H75F2N25O2. The maximum Gasteiger partial charge on any atom is 0.242 e. The average molecular weight is 1430 g/mol. The first-order valence-corrected chi connectivity index (χ1v) is 33.7. The van der Waals surface area contributed by atoms with Gasteiger partial charge >= 0.3 is 0 Å². The molecule has 5 heterocycles. The third-order valence-electron chi connectivity index (χ3n) is 18.0. The second-order valence-electron chi connectivity index (χ2n) is 25.0. The zero-order chi connectivity index (χ0) is 75.0. The molecule has 0 saturated heterocycles. The maximum atomic E-state index is 13.2. The second kappa shape index (κ2) is 32.8. The Morgan fingerprint density at radius 1 is 0.383 bits per heavy atom. The predicted octanol–water partition coefficient (Wildman–Crippen LogP) is 10.6. The van der Waals surface area contributed by atoms with Crippen LogP contribution in [-0.2, 0) is 23.9 Å². The van der Waals surface area contributed by atoms with Crippen LogP contribution in [0.1, 0.15) is 99.2 Å². The van der Waals surface area contributed by atoms with Crippen LogP contribution in [0.4, 0.5) is 67.6 Å². The van der Waals surface area contributed by atoms with Gasteiger partial charge in [-0.1, -0.05) is 182 Å². The lowest BCUT2D eigenvalue weighted by atomic mass is 9.88. The normalized spacial score (nSPS) is 12.9. The molecule has 0 spiro atoms. The van der Waals surface area contributed by atoms with E-state index in [-0.39, 0.29) is 69.8 Å². The van der Waals surface area contributed by atoms with E-state index in [2.05, 4.69) is 137 Å². The highest BCUT2D eigenvalue weighted by Gasteiger charge is 2.50. The Labute approximate surface area is 613 Å². The van der Waals surface area contributed by atoms with Crippen molar-refractivity contribution in [1.82, 2.24) is 75.9 Å². The molecule has 0 amide bonds. The third-order valence-corrected chi connectivity index (χ3v) is 18.0. The lowest BCUT2D eigenvalue weighted by Crippen LogP contribution is -2.17. The molecule has 1 unspecified atom stereocenters. The molecule has 538 valence electrons. The Bertz CT molecular complexity index is 5280. The molecule has 1 atom stereocenters. The second-order valence-corrected chi connectivity index (χ2v) is 25.0. The minimum absolute atomic E-state index is 0.0100. The number of methoxy groups -OCH3 is 1. The van der Waals surface area contributed by atoms with Crippen LogP contribution < -0.4 is 66.8 Å². The van der Waals surface area contributed by atoms with Crippen LogP contribution in [0.15, 0.2) is 231 Å². The first-order valence-electron chi connectivity index (χ1n) is 33.7. The van der Waals surface area contributed by atoms with Crippen molar-refractivity contribution in [2.75, 3.05) is 64.4 Å². The van der Waals surface area contributed by atoms with Gasteiger partial charge in [-0.05, 0) is 130 Å². The van der Waals surface area contributed by atoms with E-state index in [0.717, 1.165) is 76.9 Å². The lowest BCUT2D eigenvalue weighted by molar-refractivity contribution is 0.308. The summed E-state index contributed by atoms with van der Waals surface area (Å²) < 4.78 is 37.6. The molecule has 2 saturated carbocycles. The van der Waals surface area contributed by atoms with E-state index >= 15 is 0 Å². The zero-order valence-electron chi connectivity index (χ0n) is 57.9. The fourth-order valence-electron chi connectivity index (χ4n) is 12.4. The van der Waals surface area contributed by atoms with Gasteiger partial charge in [0, 0.05) is 22.3 Å². The SMILES string of the molecule is COc1ccc(C2(c3nnc(N)nc3N)CC2)cc1.Nc1nnc(-c2cccc(OCc3cccc4ccccc34)c2)c(N)n1.Nc1nnc(C(Cc2ccccc2)c2ccccc2)c(N)n1.Nc1nnc(C(c2ccc(F)cc2)c2ccc(F)cc2)c(N)n1.Nc1nnc(C2(c3ccccc3)CC2)c(N)n1. The van der Waals surface area contributed by atoms with Crippen molar-refractivity contribution >= 4 is 69.6 Å². The number of anilines is 10. The highest BCUT2D eigenvalue weighted by molar-refractivity contribution is 5.85. The van der Waals surface area contributed by atoms with Gasteiger partial charge in [0.1, 0.15) is 58.2 Å². The monoisotopic (exact) mass is 1430 g/mol. The molecule has 29 heteroatoms. The summed E-state index contributed by atoms with van der Waals surface area (Å²) in [5, 5.41) is 41.9. The number of hydrogen-bond donors (Lipinski definition) is 10. The first kappa shape index (κ1) is 72.5. The fourth-order valence-corrected chi connectivity index (χ4v) is 12.4. The minimum atomic E-state index is -0.461. The highest BCUT2D eigenvalue weighted by Crippen LogP contribution is 2.55. The van der Waals surface area contributed by atoms with Gasteiger partial charge in [0.25, 0.3) is 0 Å². The Morgan fingerprint density at radius 2 is 0.832 bits per heavy atom. The third kappa shape index (κ3) is 17.6. The van der Waals surface area contributed by atoms with Crippen LogP contribution in [0.2, 0.25) is 0 Å². The summed E-state index contributed by atoms with van der Waals surface area (Å²) in [6.07, 6.45) is 4.81. The molecule has 0 bridgehead atoms. The quantitative estimate of drug-likeness (QED) is 0.0429. The smallest absolute Gasteiger partial charge is 0.242 e. The number of hydrogen-bond acceptors (Lipinski definition) is 27. The van der Waals surface area contributed by atoms with Gasteiger partial charge < -0.3 is 66.8 Å². The Hall–Kier alpha value is -14.3. The number of rotatable bonds is 16. The Kier molecular flexibility index (Phi) is 22.2. The fraction of sp³-hybridized carbons (Fsp3) is 0.141. The van der Waals surface area contributed by atoms with Crippen LogP contribution in [0.3, 0.4) is 0 Å². The number of nitrogens with two attached hydrogens (primary N) is 10. The topological polar surface area (TPSA) is 472 Å². The van der Waals surface area contributed by atoms with E-state index in [0.29, 0.717) is 52.6 Å². The number of benzene rings is 9. The number of nitrogen functional groups attached to an aromatic ring is 10. The van der Waals surface area contributed by atoms with Crippen LogP contribution in [-0.4, -0.2) is 83.0 Å². The van der Waals surface area contributed by atoms with Crippen molar-refractivity contribution in [1.29, 1.82) is 0 Å². The number of halogens is 2. The molecular weight excluding hydrogens is 1360 g/mol. The lowest BCUT2D eigenvalue weighted by Gasteiger charge is -2.18. The van der Waals surface area contributed by atoms with Crippen molar-refractivity contribution in [3.05, 3.63) is 304 Å². The van der Waals surface area contributed by atoms with Crippen LogP contribution in [0.25, 0.3) is 22.0 Å². The van der Waals surface area contributed by atoms with E-state index in [1.54, 1.807) is 31.4 Å². The van der Waals surface area contributed by atoms with E-state index in [1.165, 1.54) is 46.2 Å². The summed E-state index contributed by atoms with van der Waals surface area (Å²) in [4.78, 5) is 19.9. The summed E-state index contributed by atoms with van der Waals surface area (Å²) in [5.74, 6) is 2.12. The molecule has 0 aliphatic heterocycles. The van der Waals surface area contributed by atoms with Crippen LogP contribution >= 0.6 is 0 Å². The Balaban J connectivity index is 0.000000126. The standard InChI is InChI=1S/C20H17N5O.C17H17N5.C16H13F2N5.C13H15N5O.C12H13N5/c21-19-18(24-25-20(22)23-19)14-7-4-9-16(11-14)26-12-15-8-3-6-13-5-1-2-10-17(13)15;18-16-15(21-22-17(19)20-16)14(13-9-5-2-6-10-13)11-12-7-3-1-4-8-12;17-11-5-1-9(2-6-11)13(10-3-7-12(18)8-4-10)14-15(19)21-16(20)23-22-14;1-19-9-4-2-8(3-5-9)13(6-7-13)10-11(14)16-12(15)18-17-10;13-10-9(16-17-11(14)15-10)12(6-7-12)8-4-2-1-3-5-8/h1-11H,12H2,(H4,21,22,23,25);1-10,14H,11H2,(H4,18,19,20,22);1-8,13H,(H4,19,20,21,23);2-5H,6-7H2,1H3,(H4,14,15,16,18);1-5H,6-7H2,(H4,13,14,15,17). The van der Waals surface area contributed by atoms with E-state index in [1.807, 2.05) is 121 Å². The number of ether oxygens (including phenoxy) is 2. The van der Waals surface area contributed by atoms with Gasteiger partial charge in [0.2, 0.25) is 29.7 Å². The molecule has 2 aliphatic carbocycles.